The molecule has 3 heterocycles. The highest BCUT2D eigenvalue weighted by Gasteiger charge is 2.44. The van der Waals surface area contributed by atoms with Crippen LogP contribution in [0.3, 0.4) is 0 Å². The van der Waals surface area contributed by atoms with Crippen LogP contribution in [0.25, 0.3) is 10.9 Å². The fourth-order valence-electron chi connectivity index (χ4n) is 14.8. The maximum Gasteiger partial charge on any atom is 0.303 e. The SMILES string of the molecule is CC(=O)N[C@@H](CCC(=O)O)C(=O)N[C@@H](Cc1ccccc1)C(=O)N[C@@H](CC(C)C)C(=O)N[C@@H](Cc1c[nH]c2ccccc12)C(=O)N[C@@H](C)C(=O)NCC(=O)N1CCC[C@@H]1C(=O)N1CCC[C@H]1C(=O)N[C@@H](Cc1ccc(O)cc1)C(=O)N[C@@H](C)C(=O)N[C@@H](CS)C(=O)N[C@H](C(=O)NCC(=O)N[C@@H](CCCNC(=N)N)C(=O)N[C@@H](CC(C)C)C(=O)N[C@@H](CCC(=O)O)C(N)=O)C(C)C. The summed E-state index contributed by atoms with van der Waals surface area (Å²) in [6.07, 6.45) is 0.539. The van der Waals surface area contributed by atoms with E-state index in [1.54, 1.807) is 102 Å². The number of primary amides is 1. The number of phenolic OH excluding ortho intramolecular Hbond substituents is 1. The van der Waals surface area contributed by atoms with Crippen molar-refractivity contribution >= 4 is 142 Å². The molecule has 131 heavy (non-hydrogen) atoms. The van der Waals surface area contributed by atoms with Crippen LogP contribution >= 0.6 is 12.6 Å². The van der Waals surface area contributed by atoms with E-state index in [1.807, 2.05) is 0 Å². The van der Waals surface area contributed by atoms with Crippen molar-refractivity contribution in [1.29, 1.82) is 5.41 Å². The number of guanidine groups is 1. The summed E-state index contributed by atoms with van der Waals surface area (Å²) in [5.41, 5.74) is 13.2. The monoisotopic (exact) mass is 1850 g/mol. The molecule has 0 bridgehead atoms. The molecular weight excluding hydrogens is 1720 g/mol. The van der Waals surface area contributed by atoms with E-state index in [0.717, 1.165) is 6.92 Å². The van der Waals surface area contributed by atoms with Gasteiger partial charge in [-0.1, -0.05) is 102 Å². The van der Waals surface area contributed by atoms with E-state index in [4.69, 9.17) is 22.0 Å². The molecule has 0 radical (unpaired) electrons. The Bertz CT molecular complexity index is 4730. The summed E-state index contributed by atoms with van der Waals surface area (Å²) in [4.78, 5) is 265. The standard InChI is InChI=1S/C87H125N21O22S/c1-45(2)36-60(80(124)99-57(73(88)117)29-31-70(113)114)100-76(120)58(22-15-33-91-87(89)90)98-68(111)42-93-85(129)72(47(5)6)106-83(127)65(44-131)105-75(119)49(8)96-78(122)62(39-52-25-27-54(110)28-26-52)104-84(128)66-23-16-35-108(66)86(130)67-24-17-34-107(67)69(112)43-94-74(118)48(7)95-79(123)64(40-53-41-92-56-21-14-13-20-55(53)56)103-81(125)61(37-46(3)4)101-82(126)63(38-51-18-11-10-12-19-51)102-77(121)59(97-50(9)109)30-32-71(115)116/h10-14,18-21,25-28,41,45-49,57-67,72,92,110,131H,15-17,22-24,29-40,42-44H2,1-9H3,(H2,88,117)(H,93,129)(H,94,118)(H,95,123)(H,96,122)(H,97,109)(H,98,111)(H,99,124)(H,100,120)(H,101,126)(H,102,121)(H,103,125)(H,104,128)(H,105,119)(H,106,127)(H,113,114)(H,115,116)(H4,89,90,91)/t48-,49-,57-,58-,59-,60-,61-,62-,63-,64-,65-,66-,67+,72-/m0/s1. The molecule has 0 aliphatic carbocycles. The number of thiol groups is 1. The maximum absolute atomic E-state index is 14.7. The highest BCUT2D eigenvalue weighted by molar-refractivity contribution is 7.80. The lowest BCUT2D eigenvalue weighted by Crippen LogP contribution is -2.60. The minimum Gasteiger partial charge on any atom is -0.508 e. The summed E-state index contributed by atoms with van der Waals surface area (Å²) in [6.45, 7) is 12.7. The smallest absolute Gasteiger partial charge is 0.303 e. The Morgan fingerprint density at radius 1 is 0.473 bits per heavy atom. The zero-order chi connectivity index (χ0) is 97.0. The molecule has 0 spiro atoms. The Labute approximate surface area is 763 Å². The van der Waals surface area contributed by atoms with Gasteiger partial charge in [-0.3, -0.25) is 96.5 Å². The zero-order valence-corrected chi connectivity index (χ0v) is 75.7. The molecule has 2 saturated heterocycles. The van der Waals surface area contributed by atoms with Crippen molar-refractivity contribution in [2.75, 3.05) is 38.5 Å². The summed E-state index contributed by atoms with van der Waals surface area (Å²) >= 11 is 4.28. The molecule has 2 aliphatic rings. The number of benzene rings is 3. The lowest BCUT2D eigenvalue weighted by Gasteiger charge is -2.32. The Morgan fingerprint density at radius 3 is 1.49 bits per heavy atom. The van der Waals surface area contributed by atoms with Gasteiger partial charge in [0.15, 0.2) is 5.96 Å². The van der Waals surface area contributed by atoms with E-state index in [2.05, 4.69) is 97.4 Å². The van der Waals surface area contributed by atoms with Gasteiger partial charge >= 0.3 is 11.9 Å². The summed E-state index contributed by atoms with van der Waals surface area (Å²) in [5.74, 6) is -18.7. The number of carbonyl (C=O) groups excluding carboxylic acids is 17. The van der Waals surface area contributed by atoms with E-state index in [-0.39, 0.29) is 120 Å². The Morgan fingerprint density at radius 2 is 0.939 bits per heavy atom. The van der Waals surface area contributed by atoms with Gasteiger partial charge in [0.2, 0.25) is 100 Å². The first-order valence-electron chi connectivity index (χ1n) is 43.5. The van der Waals surface area contributed by atoms with Crippen molar-refractivity contribution in [3.63, 3.8) is 0 Å². The van der Waals surface area contributed by atoms with Crippen LogP contribution in [-0.2, 0) is 110 Å². The predicted molar refractivity (Wildman–Crippen MR) is 479 cm³/mol. The van der Waals surface area contributed by atoms with Gasteiger partial charge in [-0.2, -0.15) is 12.6 Å². The van der Waals surface area contributed by atoms with E-state index < -0.39 is 229 Å². The summed E-state index contributed by atoms with van der Waals surface area (Å²) < 4.78 is 0. The number of fused-ring (bicyclic) bond motifs is 1. The number of aromatic hydroxyl groups is 1. The van der Waals surface area contributed by atoms with Gasteiger partial charge in [-0.25, -0.2) is 0 Å². The molecule has 1 aromatic heterocycles. The van der Waals surface area contributed by atoms with Crippen LogP contribution in [0.4, 0.5) is 0 Å². The minimum absolute atomic E-state index is 0.0172. The molecule has 3 aromatic carbocycles. The van der Waals surface area contributed by atoms with Gasteiger partial charge in [0.1, 0.15) is 90.3 Å². The fourth-order valence-corrected chi connectivity index (χ4v) is 15.1. The van der Waals surface area contributed by atoms with Crippen molar-refractivity contribution in [2.24, 2.45) is 29.2 Å². The Balaban J connectivity index is 1.08. The maximum atomic E-state index is 14.7. The number of carboxylic acid groups (broad SMARTS) is 2. The number of hydrogen-bond donors (Lipinski definition) is 23. The molecule has 17 amide bonds. The first-order chi connectivity index (χ1) is 61.9. The molecule has 716 valence electrons. The van der Waals surface area contributed by atoms with E-state index in [9.17, 15) is 101 Å². The highest BCUT2D eigenvalue weighted by atomic mass is 32.1. The first kappa shape index (κ1) is 106. The minimum atomic E-state index is -1.47. The number of aromatic nitrogens is 1. The summed E-state index contributed by atoms with van der Waals surface area (Å²) in [5, 5.41) is 75.4. The lowest BCUT2D eigenvalue weighted by atomic mass is 9.99. The molecule has 0 saturated carbocycles. The number of carbonyl (C=O) groups is 19. The summed E-state index contributed by atoms with van der Waals surface area (Å²) in [7, 11) is 0. The van der Waals surface area contributed by atoms with Gasteiger partial charge in [-0.15, -0.1) is 0 Å². The average Bonchev–Trinajstić information content (AvgIpc) is 1.67. The number of amides is 17. The second kappa shape index (κ2) is 52.3. The number of hydrogen-bond acceptors (Lipinski definition) is 22. The van der Waals surface area contributed by atoms with Crippen LogP contribution in [0.15, 0.2) is 85.1 Å². The number of likely N-dealkylation sites (tertiary alicyclic amines) is 2. The van der Waals surface area contributed by atoms with Gasteiger partial charge < -0.3 is 121 Å². The fraction of sp³-hybridized carbons (Fsp3) is 0.540. The largest absolute Gasteiger partial charge is 0.508 e. The molecule has 4 aromatic rings. The number of nitrogens with zero attached hydrogens (tertiary/aromatic N) is 2. The second-order valence-electron chi connectivity index (χ2n) is 33.7. The molecule has 6 rings (SSSR count). The molecular formula is C87H125N21O22S. The molecule has 43 nitrogen and oxygen atoms in total. The third-order valence-electron chi connectivity index (χ3n) is 21.7. The number of H-pyrrole nitrogens is 1. The quantitative estimate of drug-likeness (QED) is 0.00916. The number of aromatic amines is 1. The van der Waals surface area contributed by atoms with Crippen LogP contribution in [0, 0.1) is 23.2 Å². The number of rotatable bonds is 52. The number of aliphatic carboxylic acids is 2. The number of carboxylic acids is 2. The van der Waals surface area contributed by atoms with Gasteiger partial charge in [0, 0.05) is 81.5 Å². The van der Waals surface area contributed by atoms with Crippen LogP contribution in [-0.4, -0.2) is 271 Å². The van der Waals surface area contributed by atoms with E-state index in [1.165, 1.54) is 47.9 Å². The third kappa shape index (κ3) is 34.8. The Hall–Kier alpha value is -13.4. The number of nitrogens with one attached hydrogen (secondary N) is 17. The van der Waals surface area contributed by atoms with Gasteiger partial charge in [0.05, 0.1) is 13.1 Å². The Kier molecular flexibility index (Phi) is 42.4. The van der Waals surface area contributed by atoms with Crippen molar-refractivity contribution in [2.45, 2.75) is 243 Å². The van der Waals surface area contributed by atoms with Gasteiger partial charge in [0.25, 0.3) is 0 Å². The molecule has 2 fully saturated rings. The van der Waals surface area contributed by atoms with Crippen LogP contribution in [0.1, 0.15) is 156 Å². The molecule has 0 unspecified atom stereocenters. The van der Waals surface area contributed by atoms with Crippen LogP contribution < -0.4 is 91.2 Å². The topological polar surface area (TPSA) is 664 Å². The van der Waals surface area contributed by atoms with Crippen LogP contribution in [0.2, 0.25) is 0 Å². The predicted octanol–water partition coefficient (Wildman–Crippen LogP) is -2.85. The van der Waals surface area contributed by atoms with Gasteiger partial charge in [-0.05, 0) is 131 Å². The first-order valence-corrected chi connectivity index (χ1v) is 44.1. The molecule has 24 N–H and O–H groups in total. The van der Waals surface area contributed by atoms with Crippen LogP contribution in [0.5, 0.6) is 5.75 Å². The summed E-state index contributed by atoms with van der Waals surface area (Å²) in [6, 6.07) is 2.41. The number of para-hydroxylation sites is 1. The number of nitrogens with two attached hydrogens (primary N) is 2. The molecule has 14 atom stereocenters. The zero-order valence-electron chi connectivity index (χ0n) is 74.8. The van der Waals surface area contributed by atoms with Crippen molar-refractivity contribution in [1.82, 2.24) is 94.5 Å². The average molecular weight is 1850 g/mol. The van der Waals surface area contributed by atoms with Crippen molar-refractivity contribution < 1.29 is 106 Å². The van der Waals surface area contributed by atoms with E-state index >= 15 is 0 Å². The second-order valence-corrected chi connectivity index (χ2v) is 34.0. The molecule has 44 heteroatoms. The lowest BCUT2D eigenvalue weighted by molar-refractivity contribution is -0.147. The third-order valence-corrected chi connectivity index (χ3v) is 22.1. The number of phenols is 1. The normalized spacial score (nSPS) is 16.3. The van der Waals surface area contributed by atoms with E-state index in [0.29, 0.717) is 40.4 Å². The van der Waals surface area contributed by atoms with Crippen molar-refractivity contribution in [3.8, 4) is 5.75 Å². The molecule has 2 aliphatic heterocycles. The van der Waals surface area contributed by atoms with Crippen molar-refractivity contribution in [3.05, 3.63) is 102 Å². The highest BCUT2D eigenvalue weighted by Crippen LogP contribution is 2.27.